The molecule has 0 aliphatic rings. The standard InChI is InChI=1S/C10H14N2O3/c1-12-6-7(9(13)3-4-11)5-8(12)10(14)15-2/h5-6H,3-4,11H2,1-2H3. The zero-order valence-electron chi connectivity index (χ0n) is 8.82. The molecule has 5 nitrogen and oxygen atoms in total. The minimum atomic E-state index is -0.454. The van der Waals surface area contributed by atoms with Gasteiger partial charge in [0, 0.05) is 25.2 Å². The van der Waals surface area contributed by atoms with E-state index in [1.54, 1.807) is 17.8 Å². The average Bonchev–Trinajstić information content (AvgIpc) is 2.60. The van der Waals surface area contributed by atoms with Crippen molar-refractivity contribution in [3.63, 3.8) is 0 Å². The molecule has 0 spiro atoms. The third-order valence-corrected chi connectivity index (χ3v) is 2.09. The number of hydrogen-bond donors (Lipinski definition) is 1. The monoisotopic (exact) mass is 210 g/mol. The predicted octanol–water partition coefficient (Wildman–Crippen LogP) is 0.343. The lowest BCUT2D eigenvalue weighted by molar-refractivity contribution is 0.0590. The van der Waals surface area contributed by atoms with E-state index in [4.69, 9.17) is 5.73 Å². The third-order valence-electron chi connectivity index (χ3n) is 2.09. The zero-order valence-corrected chi connectivity index (χ0v) is 8.82. The molecular weight excluding hydrogens is 196 g/mol. The second-order valence-electron chi connectivity index (χ2n) is 3.18. The van der Waals surface area contributed by atoms with E-state index in [9.17, 15) is 9.59 Å². The molecule has 1 heterocycles. The molecule has 2 N–H and O–H groups in total. The van der Waals surface area contributed by atoms with E-state index in [-0.39, 0.29) is 12.2 Å². The van der Waals surface area contributed by atoms with Gasteiger partial charge in [-0.2, -0.15) is 0 Å². The summed E-state index contributed by atoms with van der Waals surface area (Å²) in [5, 5.41) is 0. The van der Waals surface area contributed by atoms with Crippen LogP contribution in [-0.4, -0.2) is 30.0 Å². The Morgan fingerprint density at radius 1 is 1.53 bits per heavy atom. The summed E-state index contributed by atoms with van der Waals surface area (Å²) in [6, 6.07) is 1.52. The smallest absolute Gasteiger partial charge is 0.354 e. The third kappa shape index (κ3) is 2.44. The summed E-state index contributed by atoms with van der Waals surface area (Å²) in [5.41, 5.74) is 6.13. The molecule has 0 unspecified atom stereocenters. The number of aromatic nitrogens is 1. The van der Waals surface area contributed by atoms with E-state index < -0.39 is 5.97 Å². The van der Waals surface area contributed by atoms with E-state index in [1.165, 1.54) is 13.2 Å². The summed E-state index contributed by atoms with van der Waals surface area (Å²) in [5.74, 6) is -0.521. The number of esters is 1. The van der Waals surface area contributed by atoms with Crippen LogP contribution in [0, 0.1) is 0 Å². The summed E-state index contributed by atoms with van der Waals surface area (Å²) in [6.45, 7) is 0.307. The second kappa shape index (κ2) is 4.75. The molecule has 0 aliphatic heterocycles. The van der Waals surface area contributed by atoms with Gasteiger partial charge < -0.3 is 15.0 Å². The molecule has 0 radical (unpaired) electrons. The molecule has 15 heavy (non-hydrogen) atoms. The number of rotatable bonds is 4. The minimum absolute atomic E-state index is 0.0664. The molecular formula is C10H14N2O3. The van der Waals surface area contributed by atoms with Crippen LogP contribution in [0.1, 0.15) is 27.3 Å². The lowest BCUT2D eigenvalue weighted by Crippen LogP contribution is -2.07. The molecule has 1 rings (SSSR count). The van der Waals surface area contributed by atoms with Crippen molar-refractivity contribution in [1.29, 1.82) is 0 Å². The van der Waals surface area contributed by atoms with Gasteiger partial charge in [-0.3, -0.25) is 4.79 Å². The van der Waals surface area contributed by atoms with Crippen molar-refractivity contribution < 1.29 is 14.3 Å². The second-order valence-corrected chi connectivity index (χ2v) is 3.18. The summed E-state index contributed by atoms with van der Waals surface area (Å²) >= 11 is 0. The number of hydrogen-bond acceptors (Lipinski definition) is 4. The van der Waals surface area contributed by atoms with Gasteiger partial charge >= 0.3 is 5.97 Å². The predicted molar refractivity (Wildman–Crippen MR) is 54.8 cm³/mol. The highest BCUT2D eigenvalue weighted by atomic mass is 16.5. The van der Waals surface area contributed by atoms with Gasteiger partial charge in [0.25, 0.3) is 0 Å². The molecule has 1 aromatic rings. The van der Waals surface area contributed by atoms with Gasteiger partial charge in [0.1, 0.15) is 5.69 Å². The Balaban J connectivity index is 2.95. The molecule has 1 aromatic heterocycles. The Hall–Kier alpha value is -1.62. The van der Waals surface area contributed by atoms with Crippen LogP contribution in [0.3, 0.4) is 0 Å². The van der Waals surface area contributed by atoms with Gasteiger partial charge in [-0.05, 0) is 12.6 Å². The van der Waals surface area contributed by atoms with Crippen molar-refractivity contribution in [1.82, 2.24) is 4.57 Å². The van der Waals surface area contributed by atoms with E-state index >= 15 is 0 Å². The lowest BCUT2D eigenvalue weighted by Gasteiger charge is -1.98. The van der Waals surface area contributed by atoms with Crippen LogP contribution in [0.2, 0.25) is 0 Å². The number of ketones is 1. The maximum atomic E-state index is 11.5. The molecule has 5 heteroatoms. The normalized spacial score (nSPS) is 10.1. The van der Waals surface area contributed by atoms with Crippen LogP contribution >= 0.6 is 0 Å². The fourth-order valence-corrected chi connectivity index (χ4v) is 1.30. The zero-order chi connectivity index (χ0) is 11.4. The number of ether oxygens (including phenoxy) is 1. The number of carbonyl (C=O) groups excluding carboxylic acids is 2. The highest BCUT2D eigenvalue weighted by molar-refractivity contribution is 5.99. The van der Waals surface area contributed by atoms with Crippen LogP contribution in [0.15, 0.2) is 12.3 Å². The first-order valence-corrected chi connectivity index (χ1v) is 4.58. The fraction of sp³-hybridized carbons (Fsp3) is 0.400. The van der Waals surface area contributed by atoms with Gasteiger partial charge in [-0.25, -0.2) is 4.79 Å². The molecule has 0 aromatic carbocycles. The highest BCUT2D eigenvalue weighted by Crippen LogP contribution is 2.10. The number of Topliss-reactive ketones (excluding diaryl/α,β-unsaturated/α-hetero) is 1. The number of nitrogens with two attached hydrogens (primary N) is 1. The number of aryl methyl sites for hydroxylation is 1. The van der Waals surface area contributed by atoms with Crippen molar-refractivity contribution in [2.24, 2.45) is 12.8 Å². The van der Waals surface area contributed by atoms with E-state index in [1.807, 2.05) is 0 Å². The van der Waals surface area contributed by atoms with Crippen molar-refractivity contribution in [3.8, 4) is 0 Å². The molecule has 0 saturated heterocycles. The van der Waals surface area contributed by atoms with E-state index in [0.717, 1.165) is 0 Å². The van der Waals surface area contributed by atoms with Gasteiger partial charge in [-0.15, -0.1) is 0 Å². The van der Waals surface area contributed by atoms with Crippen molar-refractivity contribution in [3.05, 3.63) is 23.5 Å². The molecule has 82 valence electrons. The summed E-state index contributed by atoms with van der Waals surface area (Å²) < 4.78 is 6.14. The van der Waals surface area contributed by atoms with Gasteiger partial charge in [-0.1, -0.05) is 0 Å². The molecule has 0 atom stereocenters. The van der Waals surface area contributed by atoms with Crippen LogP contribution in [0.4, 0.5) is 0 Å². The Morgan fingerprint density at radius 3 is 2.73 bits per heavy atom. The van der Waals surface area contributed by atoms with Gasteiger partial charge in [0.15, 0.2) is 5.78 Å². The highest BCUT2D eigenvalue weighted by Gasteiger charge is 2.15. The largest absolute Gasteiger partial charge is 0.464 e. The lowest BCUT2D eigenvalue weighted by atomic mass is 10.1. The Kier molecular flexibility index (Phi) is 3.62. The van der Waals surface area contributed by atoms with Crippen LogP contribution in [0.5, 0.6) is 0 Å². The minimum Gasteiger partial charge on any atom is -0.464 e. The van der Waals surface area contributed by atoms with Crippen LogP contribution in [-0.2, 0) is 11.8 Å². The Bertz CT molecular complexity index is 382. The number of carbonyl (C=O) groups is 2. The van der Waals surface area contributed by atoms with Crippen LogP contribution < -0.4 is 5.73 Å². The van der Waals surface area contributed by atoms with E-state index in [2.05, 4.69) is 4.74 Å². The molecule has 0 amide bonds. The van der Waals surface area contributed by atoms with Gasteiger partial charge in [0.05, 0.1) is 7.11 Å². The number of methoxy groups -OCH3 is 1. The Morgan fingerprint density at radius 2 is 2.20 bits per heavy atom. The van der Waals surface area contributed by atoms with Crippen molar-refractivity contribution in [2.45, 2.75) is 6.42 Å². The molecule has 0 saturated carbocycles. The van der Waals surface area contributed by atoms with E-state index in [0.29, 0.717) is 17.8 Å². The van der Waals surface area contributed by atoms with Crippen molar-refractivity contribution >= 4 is 11.8 Å². The SMILES string of the molecule is COC(=O)c1cc(C(=O)CCN)cn1C. The quantitative estimate of drug-likeness (QED) is 0.574. The van der Waals surface area contributed by atoms with Crippen molar-refractivity contribution in [2.75, 3.05) is 13.7 Å². The number of nitrogens with zero attached hydrogens (tertiary/aromatic N) is 1. The van der Waals surface area contributed by atoms with Crippen LogP contribution in [0.25, 0.3) is 0 Å². The Labute approximate surface area is 87.8 Å². The first kappa shape index (κ1) is 11.5. The topological polar surface area (TPSA) is 74.3 Å². The van der Waals surface area contributed by atoms with Gasteiger partial charge in [0.2, 0.25) is 0 Å². The summed E-state index contributed by atoms with van der Waals surface area (Å²) in [6.07, 6.45) is 1.88. The summed E-state index contributed by atoms with van der Waals surface area (Å²) in [7, 11) is 2.99. The first-order chi connectivity index (χ1) is 7.10. The first-order valence-electron chi connectivity index (χ1n) is 4.58. The average molecular weight is 210 g/mol. The molecule has 0 aliphatic carbocycles. The molecule has 0 fully saturated rings. The fourth-order valence-electron chi connectivity index (χ4n) is 1.30. The molecule has 0 bridgehead atoms. The summed E-state index contributed by atoms with van der Waals surface area (Å²) in [4.78, 5) is 22.7. The maximum absolute atomic E-state index is 11.5. The maximum Gasteiger partial charge on any atom is 0.354 e.